The summed E-state index contributed by atoms with van der Waals surface area (Å²) in [6.45, 7) is 1.98. The van der Waals surface area contributed by atoms with Crippen LogP contribution in [0.5, 0.6) is 0 Å². The van der Waals surface area contributed by atoms with Gasteiger partial charge in [-0.25, -0.2) is 4.79 Å². The molecule has 1 N–H and O–H groups in total. The van der Waals surface area contributed by atoms with E-state index < -0.39 is 0 Å². The van der Waals surface area contributed by atoms with Crippen LogP contribution in [-0.4, -0.2) is 23.3 Å². The van der Waals surface area contributed by atoms with Gasteiger partial charge in [0, 0.05) is 12.3 Å². The molecule has 3 heteroatoms. The highest BCUT2D eigenvalue weighted by molar-refractivity contribution is 5.92. The molecule has 3 nitrogen and oxygen atoms in total. The summed E-state index contributed by atoms with van der Waals surface area (Å²) in [5.74, 6) is 0.0331. The van der Waals surface area contributed by atoms with Gasteiger partial charge in [-0.3, -0.25) is 0 Å². The first-order valence-electron chi connectivity index (χ1n) is 6.15. The van der Waals surface area contributed by atoms with Crippen molar-refractivity contribution in [1.82, 2.24) is 0 Å². The summed E-state index contributed by atoms with van der Waals surface area (Å²) in [6.07, 6.45) is 1.81. The Bertz CT molecular complexity index is 467. The number of benzene rings is 1. The average Bonchev–Trinajstić information content (AvgIpc) is 2.29. The third kappa shape index (κ3) is 1.75. The minimum atomic E-state index is -0.323. The molecule has 0 aromatic heterocycles. The van der Waals surface area contributed by atoms with Crippen molar-refractivity contribution in [3.63, 3.8) is 0 Å². The molecule has 17 heavy (non-hydrogen) atoms. The Morgan fingerprint density at radius 3 is 3.00 bits per heavy atom. The second-order valence-corrected chi connectivity index (χ2v) is 5.11. The monoisotopic (exact) mass is 232 g/mol. The summed E-state index contributed by atoms with van der Waals surface area (Å²) in [7, 11) is 0. The standard InChI is InChI=1S/C14H16O3/c1-8-2-4-10-11-5-3-9(15)7-13(11)17-14(16)12(10)6-8/h2,4,6,9,11,13,15H,3,5,7H2,1H3/t9-,11-,13-/m1/s1. The lowest BCUT2D eigenvalue weighted by Gasteiger charge is -2.38. The smallest absolute Gasteiger partial charge is 0.338 e. The Morgan fingerprint density at radius 1 is 1.35 bits per heavy atom. The number of ether oxygens (including phenoxy) is 1. The number of rotatable bonds is 0. The number of aliphatic hydroxyl groups is 1. The molecule has 1 saturated carbocycles. The molecule has 3 atom stereocenters. The maximum absolute atomic E-state index is 11.9. The molecule has 1 aliphatic heterocycles. The summed E-state index contributed by atoms with van der Waals surface area (Å²) in [5, 5.41) is 9.64. The lowest BCUT2D eigenvalue weighted by molar-refractivity contribution is -0.0181. The number of fused-ring (bicyclic) bond motifs is 3. The minimum Gasteiger partial charge on any atom is -0.458 e. The van der Waals surface area contributed by atoms with Crippen LogP contribution in [-0.2, 0) is 4.74 Å². The van der Waals surface area contributed by atoms with Crippen molar-refractivity contribution in [3.05, 3.63) is 34.9 Å². The average molecular weight is 232 g/mol. The zero-order valence-corrected chi connectivity index (χ0v) is 9.85. The fourth-order valence-corrected chi connectivity index (χ4v) is 2.97. The Morgan fingerprint density at radius 2 is 2.18 bits per heavy atom. The van der Waals surface area contributed by atoms with E-state index in [0.29, 0.717) is 12.0 Å². The van der Waals surface area contributed by atoms with Gasteiger partial charge in [0.2, 0.25) is 0 Å². The number of carbonyl (C=O) groups is 1. The van der Waals surface area contributed by atoms with Crippen molar-refractivity contribution < 1.29 is 14.6 Å². The summed E-state index contributed by atoms with van der Waals surface area (Å²) >= 11 is 0. The third-order valence-corrected chi connectivity index (χ3v) is 3.85. The molecule has 2 aliphatic rings. The van der Waals surface area contributed by atoms with Crippen molar-refractivity contribution in [1.29, 1.82) is 0 Å². The van der Waals surface area contributed by atoms with Gasteiger partial charge >= 0.3 is 5.97 Å². The lowest BCUT2D eigenvalue weighted by atomic mass is 9.77. The molecule has 0 saturated heterocycles. The van der Waals surface area contributed by atoms with Gasteiger partial charge in [0.05, 0.1) is 11.7 Å². The van der Waals surface area contributed by atoms with Gasteiger partial charge in [-0.05, 0) is 31.4 Å². The van der Waals surface area contributed by atoms with E-state index in [9.17, 15) is 9.90 Å². The molecule has 1 aromatic carbocycles. The van der Waals surface area contributed by atoms with Gasteiger partial charge in [0.25, 0.3) is 0 Å². The first-order valence-corrected chi connectivity index (χ1v) is 6.15. The molecule has 0 bridgehead atoms. The van der Waals surface area contributed by atoms with Crippen LogP contribution in [0.4, 0.5) is 0 Å². The Kier molecular flexibility index (Phi) is 2.44. The number of carbonyl (C=O) groups excluding carboxylic acids is 1. The van der Waals surface area contributed by atoms with Crippen LogP contribution in [0.1, 0.15) is 46.7 Å². The molecule has 1 heterocycles. The fraction of sp³-hybridized carbons (Fsp3) is 0.500. The summed E-state index contributed by atoms with van der Waals surface area (Å²) in [6, 6.07) is 5.99. The van der Waals surface area contributed by atoms with Crippen molar-refractivity contribution in [2.45, 2.75) is 44.3 Å². The Labute approximate surface area is 100 Å². The molecule has 0 radical (unpaired) electrons. The number of esters is 1. The van der Waals surface area contributed by atoms with Crippen LogP contribution < -0.4 is 0 Å². The molecule has 1 aliphatic carbocycles. The maximum atomic E-state index is 11.9. The fourth-order valence-electron chi connectivity index (χ4n) is 2.97. The lowest BCUT2D eigenvalue weighted by Crippen LogP contribution is -2.38. The van der Waals surface area contributed by atoms with E-state index in [1.807, 2.05) is 25.1 Å². The summed E-state index contributed by atoms with van der Waals surface area (Å²) in [5.41, 5.74) is 2.89. The highest BCUT2D eigenvalue weighted by Gasteiger charge is 2.39. The highest BCUT2D eigenvalue weighted by atomic mass is 16.5. The van der Waals surface area contributed by atoms with Crippen molar-refractivity contribution in [2.24, 2.45) is 0 Å². The normalized spacial score (nSPS) is 31.4. The van der Waals surface area contributed by atoms with E-state index in [4.69, 9.17) is 4.74 Å². The quantitative estimate of drug-likeness (QED) is 0.697. The summed E-state index contributed by atoms with van der Waals surface area (Å²) in [4.78, 5) is 11.9. The molecule has 3 rings (SSSR count). The molecule has 0 amide bonds. The van der Waals surface area contributed by atoms with Crippen molar-refractivity contribution >= 4 is 5.97 Å². The maximum Gasteiger partial charge on any atom is 0.338 e. The Balaban J connectivity index is 2.03. The van der Waals surface area contributed by atoms with Gasteiger partial charge in [-0.2, -0.15) is 0 Å². The van der Waals surface area contributed by atoms with E-state index in [0.717, 1.165) is 24.0 Å². The van der Waals surface area contributed by atoms with Crippen LogP contribution in [0.15, 0.2) is 18.2 Å². The molecule has 1 fully saturated rings. The van der Waals surface area contributed by atoms with E-state index in [2.05, 4.69) is 0 Å². The SMILES string of the molecule is Cc1ccc2c(c1)C(=O)O[C@@H]1C[C@H](O)CC[C@H]21. The summed E-state index contributed by atoms with van der Waals surface area (Å²) < 4.78 is 5.44. The van der Waals surface area contributed by atoms with Crippen LogP contribution in [0.3, 0.4) is 0 Å². The zero-order valence-electron chi connectivity index (χ0n) is 9.85. The number of aryl methyl sites for hydroxylation is 1. The molecule has 0 unspecified atom stereocenters. The van der Waals surface area contributed by atoms with Crippen LogP contribution in [0.25, 0.3) is 0 Å². The number of aliphatic hydroxyl groups excluding tert-OH is 1. The van der Waals surface area contributed by atoms with E-state index in [1.54, 1.807) is 0 Å². The first kappa shape index (κ1) is 10.8. The van der Waals surface area contributed by atoms with E-state index >= 15 is 0 Å². The second kappa shape index (κ2) is 3.84. The van der Waals surface area contributed by atoms with Crippen molar-refractivity contribution in [3.8, 4) is 0 Å². The largest absolute Gasteiger partial charge is 0.458 e. The van der Waals surface area contributed by atoms with Gasteiger partial charge in [0.1, 0.15) is 6.10 Å². The minimum absolute atomic E-state index is 0.138. The van der Waals surface area contributed by atoms with Gasteiger partial charge in [-0.1, -0.05) is 17.7 Å². The van der Waals surface area contributed by atoms with Crippen LogP contribution in [0, 0.1) is 6.92 Å². The van der Waals surface area contributed by atoms with Crippen molar-refractivity contribution in [2.75, 3.05) is 0 Å². The van der Waals surface area contributed by atoms with Crippen LogP contribution >= 0.6 is 0 Å². The van der Waals surface area contributed by atoms with Crippen LogP contribution in [0.2, 0.25) is 0 Å². The van der Waals surface area contributed by atoms with E-state index in [-0.39, 0.29) is 24.1 Å². The molecule has 90 valence electrons. The number of hydrogen-bond donors (Lipinski definition) is 1. The topological polar surface area (TPSA) is 46.5 Å². The molecular weight excluding hydrogens is 216 g/mol. The number of hydrogen-bond acceptors (Lipinski definition) is 3. The third-order valence-electron chi connectivity index (χ3n) is 3.85. The predicted octanol–water partition coefficient (Wildman–Crippen LogP) is 2.16. The van der Waals surface area contributed by atoms with E-state index in [1.165, 1.54) is 0 Å². The van der Waals surface area contributed by atoms with Gasteiger partial charge < -0.3 is 9.84 Å². The molecular formula is C14H16O3. The Hall–Kier alpha value is -1.35. The van der Waals surface area contributed by atoms with Gasteiger partial charge in [0.15, 0.2) is 0 Å². The molecule has 0 spiro atoms. The van der Waals surface area contributed by atoms with Gasteiger partial charge in [-0.15, -0.1) is 0 Å². The first-order chi connectivity index (χ1) is 8.15. The molecule has 1 aromatic rings. The second-order valence-electron chi connectivity index (χ2n) is 5.11. The highest BCUT2D eigenvalue weighted by Crippen LogP contribution is 2.40. The predicted molar refractivity (Wildman–Crippen MR) is 63.0 cm³/mol. The zero-order chi connectivity index (χ0) is 12.0.